The third kappa shape index (κ3) is 2.96. The van der Waals surface area contributed by atoms with Crippen LogP contribution in [0, 0.1) is 0 Å². The average Bonchev–Trinajstić information content (AvgIpc) is 3.16. The zero-order valence-electron chi connectivity index (χ0n) is 13.6. The van der Waals surface area contributed by atoms with Gasteiger partial charge < -0.3 is 9.73 Å². The lowest BCUT2D eigenvalue weighted by Crippen LogP contribution is -2.14. The molecule has 2 aromatic heterocycles. The van der Waals surface area contributed by atoms with Gasteiger partial charge in [0.25, 0.3) is 0 Å². The predicted octanol–water partition coefficient (Wildman–Crippen LogP) is 5.55. The summed E-state index contributed by atoms with van der Waals surface area (Å²) in [5.41, 5.74) is 0.528. The molecule has 1 aromatic carbocycles. The predicted molar refractivity (Wildman–Crippen MR) is 92.7 cm³/mol. The van der Waals surface area contributed by atoms with Gasteiger partial charge in [0.2, 0.25) is 0 Å². The zero-order chi connectivity index (χ0) is 18.3. The van der Waals surface area contributed by atoms with E-state index in [4.69, 9.17) is 16.0 Å². The molecule has 3 aromatic rings. The van der Waals surface area contributed by atoms with Crippen molar-refractivity contribution in [3.63, 3.8) is 0 Å². The summed E-state index contributed by atoms with van der Waals surface area (Å²) in [7, 11) is 0. The highest BCUT2D eigenvalue weighted by molar-refractivity contribution is 6.30. The van der Waals surface area contributed by atoms with Crippen molar-refractivity contribution in [3.8, 4) is 17.1 Å². The fourth-order valence-electron chi connectivity index (χ4n) is 3.21. The van der Waals surface area contributed by atoms with E-state index >= 15 is 0 Å². The van der Waals surface area contributed by atoms with E-state index in [2.05, 4.69) is 10.4 Å². The lowest BCUT2D eigenvalue weighted by atomic mass is 10.1. The van der Waals surface area contributed by atoms with Gasteiger partial charge in [-0.3, -0.25) is 0 Å². The summed E-state index contributed by atoms with van der Waals surface area (Å²) in [5, 5.41) is 7.72. The lowest BCUT2D eigenvalue weighted by Gasteiger charge is -2.16. The summed E-state index contributed by atoms with van der Waals surface area (Å²) in [6.07, 6.45) is -0.457. The van der Waals surface area contributed by atoms with Crippen LogP contribution in [0.3, 0.4) is 0 Å². The molecule has 1 aliphatic heterocycles. The maximum atomic E-state index is 13.6. The van der Waals surface area contributed by atoms with Crippen LogP contribution in [0.4, 0.5) is 19.0 Å². The van der Waals surface area contributed by atoms with E-state index in [1.54, 1.807) is 12.1 Å². The van der Waals surface area contributed by atoms with Crippen LogP contribution in [0.15, 0.2) is 41.0 Å². The molecule has 0 radical (unpaired) electrons. The first-order valence-corrected chi connectivity index (χ1v) is 8.60. The molecule has 1 aliphatic rings. The molecule has 136 valence electrons. The van der Waals surface area contributed by atoms with Crippen LogP contribution in [0.2, 0.25) is 5.02 Å². The van der Waals surface area contributed by atoms with Crippen LogP contribution in [0.5, 0.6) is 0 Å². The number of fused-ring (bicyclic) bond motifs is 1. The van der Waals surface area contributed by atoms with E-state index in [0.29, 0.717) is 30.2 Å². The summed E-state index contributed by atoms with van der Waals surface area (Å²) >= 11 is 5.81. The van der Waals surface area contributed by atoms with Gasteiger partial charge in [0.05, 0.1) is 17.5 Å². The van der Waals surface area contributed by atoms with Gasteiger partial charge in [-0.1, -0.05) is 11.6 Å². The van der Waals surface area contributed by atoms with Crippen LogP contribution in [0.1, 0.15) is 24.0 Å². The van der Waals surface area contributed by atoms with E-state index in [-0.39, 0.29) is 10.7 Å². The minimum atomic E-state index is -4.55. The summed E-state index contributed by atoms with van der Waals surface area (Å²) < 4.78 is 47.5. The highest BCUT2D eigenvalue weighted by Gasteiger charge is 2.36. The fraction of sp³-hybridized carbons (Fsp3) is 0.278. The van der Waals surface area contributed by atoms with Crippen molar-refractivity contribution < 1.29 is 17.6 Å². The van der Waals surface area contributed by atoms with Crippen LogP contribution in [0.25, 0.3) is 17.1 Å². The Kier molecular flexibility index (Phi) is 4.19. The highest BCUT2D eigenvalue weighted by atomic mass is 35.5. The highest BCUT2D eigenvalue weighted by Crippen LogP contribution is 2.39. The van der Waals surface area contributed by atoms with Crippen molar-refractivity contribution in [1.29, 1.82) is 0 Å². The number of benzene rings is 1. The molecular weight excluding hydrogens is 367 g/mol. The number of rotatable bonds is 2. The average molecular weight is 382 g/mol. The smallest absolute Gasteiger partial charge is 0.418 e. The van der Waals surface area contributed by atoms with E-state index in [0.717, 1.165) is 24.5 Å². The molecule has 8 heteroatoms. The SMILES string of the molecule is FC(F)(F)c1cc(Cl)ccc1-n1nc(-c2ccco2)c2c1NCCCC2. The number of aromatic nitrogens is 2. The molecule has 0 atom stereocenters. The minimum absolute atomic E-state index is 0.0264. The molecule has 3 heterocycles. The van der Waals surface area contributed by atoms with E-state index in [1.807, 2.05) is 0 Å². The van der Waals surface area contributed by atoms with Gasteiger partial charge in [-0.05, 0) is 49.6 Å². The van der Waals surface area contributed by atoms with Gasteiger partial charge in [-0.2, -0.15) is 18.3 Å². The first-order valence-electron chi connectivity index (χ1n) is 8.22. The van der Waals surface area contributed by atoms with Crippen LogP contribution in [-0.4, -0.2) is 16.3 Å². The zero-order valence-corrected chi connectivity index (χ0v) is 14.4. The molecule has 0 saturated heterocycles. The molecule has 0 bridgehead atoms. The van der Waals surface area contributed by atoms with E-state index < -0.39 is 11.7 Å². The number of furan rings is 1. The molecule has 0 saturated carbocycles. The lowest BCUT2D eigenvalue weighted by molar-refractivity contribution is -0.137. The molecule has 0 spiro atoms. The fourth-order valence-corrected chi connectivity index (χ4v) is 3.38. The van der Waals surface area contributed by atoms with Crippen LogP contribution < -0.4 is 5.32 Å². The quantitative estimate of drug-likeness (QED) is 0.632. The first-order chi connectivity index (χ1) is 12.4. The molecule has 4 nitrogen and oxygen atoms in total. The molecular formula is C18H15ClF3N3O. The molecule has 0 fully saturated rings. The summed E-state index contributed by atoms with van der Waals surface area (Å²) in [5.74, 6) is 1.10. The number of hydrogen-bond donors (Lipinski definition) is 1. The van der Waals surface area contributed by atoms with Crippen molar-refractivity contribution in [2.75, 3.05) is 11.9 Å². The first kappa shape index (κ1) is 17.0. The van der Waals surface area contributed by atoms with Gasteiger partial charge in [0.15, 0.2) is 5.76 Å². The number of halogens is 4. The van der Waals surface area contributed by atoms with Gasteiger partial charge in [0, 0.05) is 17.1 Å². The molecule has 26 heavy (non-hydrogen) atoms. The molecule has 0 aliphatic carbocycles. The second kappa shape index (κ2) is 6.39. The third-order valence-electron chi connectivity index (χ3n) is 4.38. The Labute approximate surface area is 152 Å². The van der Waals surface area contributed by atoms with Gasteiger partial charge >= 0.3 is 6.18 Å². The summed E-state index contributed by atoms with van der Waals surface area (Å²) in [6.45, 7) is 0.672. The van der Waals surface area contributed by atoms with Crippen molar-refractivity contribution >= 4 is 17.4 Å². The van der Waals surface area contributed by atoms with Crippen molar-refractivity contribution in [2.24, 2.45) is 0 Å². The summed E-state index contributed by atoms with van der Waals surface area (Å²) in [6, 6.07) is 7.19. The number of alkyl halides is 3. The standard InChI is InChI=1S/C18H15ClF3N3O/c19-11-6-7-14(13(10-11)18(20,21)22)25-17-12(4-1-2-8-23-17)16(24-25)15-5-3-9-26-15/h3,5-7,9-10,23H,1-2,4,8H2. The Hall–Kier alpha value is -2.41. The number of nitrogens with one attached hydrogen (secondary N) is 1. The third-order valence-corrected chi connectivity index (χ3v) is 4.61. The Morgan fingerprint density at radius 2 is 2.04 bits per heavy atom. The molecule has 1 N–H and O–H groups in total. The number of nitrogens with zero attached hydrogens (tertiary/aromatic N) is 2. The van der Waals surface area contributed by atoms with Crippen LogP contribution in [-0.2, 0) is 12.6 Å². The topological polar surface area (TPSA) is 43.0 Å². The Morgan fingerprint density at radius 1 is 1.19 bits per heavy atom. The molecule has 0 unspecified atom stereocenters. The summed E-state index contributed by atoms with van der Waals surface area (Å²) in [4.78, 5) is 0. The largest absolute Gasteiger partial charge is 0.463 e. The minimum Gasteiger partial charge on any atom is -0.463 e. The van der Waals surface area contributed by atoms with Crippen molar-refractivity contribution in [3.05, 3.63) is 52.7 Å². The van der Waals surface area contributed by atoms with Crippen molar-refractivity contribution in [2.45, 2.75) is 25.4 Å². The van der Waals surface area contributed by atoms with Crippen LogP contribution >= 0.6 is 11.6 Å². The maximum absolute atomic E-state index is 13.6. The van der Waals surface area contributed by atoms with Gasteiger partial charge in [-0.15, -0.1) is 0 Å². The second-order valence-corrected chi connectivity index (χ2v) is 6.54. The van der Waals surface area contributed by atoms with E-state index in [1.165, 1.54) is 23.1 Å². The van der Waals surface area contributed by atoms with Crippen molar-refractivity contribution in [1.82, 2.24) is 9.78 Å². The monoisotopic (exact) mass is 381 g/mol. The normalized spacial score (nSPS) is 14.6. The Balaban J connectivity index is 1.96. The number of hydrogen-bond acceptors (Lipinski definition) is 3. The Bertz CT molecular complexity index is 932. The number of anilines is 1. The maximum Gasteiger partial charge on any atom is 0.418 e. The molecule has 0 amide bonds. The van der Waals surface area contributed by atoms with E-state index in [9.17, 15) is 13.2 Å². The van der Waals surface area contributed by atoms with Gasteiger partial charge in [0.1, 0.15) is 11.5 Å². The van der Waals surface area contributed by atoms with Gasteiger partial charge in [-0.25, -0.2) is 4.68 Å². The second-order valence-electron chi connectivity index (χ2n) is 6.11. The molecule has 4 rings (SSSR count). The Morgan fingerprint density at radius 3 is 2.77 bits per heavy atom.